The highest BCUT2D eigenvalue weighted by atomic mass is 79.9. The number of phenols is 1. The van der Waals surface area contributed by atoms with Crippen LogP contribution in [0.2, 0.25) is 10.0 Å². The van der Waals surface area contributed by atoms with Gasteiger partial charge in [0.2, 0.25) is 11.8 Å². The smallest absolute Gasteiger partial charge is 0.417 e. The lowest BCUT2D eigenvalue weighted by molar-refractivity contribution is -0.140. The van der Waals surface area contributed by atoms with Crippen molar-refractivity contribution in [2.75, 3.05) is 12.5 Å². The van der Waals surface area contributed by atoms with Crippen LogP contribution in [-0.2, 0) is 30.8 Å². The molecule has 52 heavy (non-hydrogen) atoms. The van der Waals surface area contributed by atoms with Crippen molar-refractivity contribution in [2.45, 2.75) is 30.4 Å². The first-order valence-corrected chi connectivity index (χ1v) is 17.1. The van der Waals surface area contributed by atoms with Gasteiger partial charge in [-0.15, -0.1) is 0 Å². The Morgan fingerprint density at radius 2 is 1.77 bits per heavy atom. The highest BCUT2D eigenvalue weighted by molar-refractivity contribution is 9.10. The molecule has 3 aromatic rings. The number of phenolic OH excluding ortho intramolecular Hbond substituents is 1. The van der Waals surface area contributed by atoms with Crippen LogP contribution in [0.1, 0.15) is 35.4 Å². The number of benzene rings is 2. The van der Waals surface area contributed by atoms with E-state index in [0.717, 1.165) is 0 Å². The minimum atomic E-state index is -4.78. The minimum absolute atomic E-state index is 0.00287. The number of fused-ring (bicyclic) bond motifs is 4. The molecule has 7 rings (SSSR count). The van der Waals surface area contributed by atoms with Gasteiger partial charge in [0.15, 0.2) is 17.3 Å². The van der Waals surface area contributed by atoms with E-state index in [9.17, 15) is 37.5 Å². The van der Waals surface area contributed by atoms with Gasteiger partial charge in [-0.25, -0.2) is 9.78 Å². The molecule has 3 fully saturated rings. The number of imide groups is 4. The number of carbonyl (C=O) groups excluding carboxylic acids is 5. The van der Waals surface area contributed by atoms with E-state index in [-0.39, 0.29) is 28.8 Å². The van der Waals surface area contributed by atoms with Crippen LogP contribution >= 0.6 is 39.1 Å². The lowest BCUT2D eigenvalue weighted by Gasteiger charge is -2.50. The number of likely N-dealkylation sites (tertiary alicyclic amines) is 1. The third-order valence-corrected chi connectivity index (χ3v) is 11.5. The Bertz CT molecular complexity index is 2130. The van der Waals surface area contributed by atoms with Crippen LogP contribution in [0.15, 0.2) is 64.8 Å². The fraction of sp³-hybridized carbons (Fsp3) is 0.294. The summed E-state index contributed by atoms with van der Waals surface area (Å²) < 4.78 is 45.8. The lowest BCUT2D eigenvalue weighted by Crippen LogP contribution is -2.53. The average molecular weight is 823 g/mol. The van der Waals surface area contributed by atoms with Crippen molar-refractivity contribution in [1.29, 1.82) is 0 Å². The van der Waals surface area contributed by atoms with Crippen LogP contribution in [0, 0.1) is 23.7 Å². The monoisotopic (exact) mass is 821 g/mol. The van der Waals surface area contributed by atoms with Crippen molar-refractivity contribution in [3.05, 3.63) is 91.5 Å². The molecule has 4 aliphatic rings. The van der Waals surface area contributed by atoms with Gasteiger partial charge in [0.25, 0.3) is 11.8 Å². The van der Waals surface area contributed by atoms with Gasteiger partial charge in [0.1, 0.15) is 0 Å². The predicted molar refractivity (Wildman–Crippen MR) is 181 cm³/mol. The number of methoxy groups -OCH3 is 1. The first-order valence-electron chi connectivity index (χ1n) is 15.6. The van der Waals surface area contributed by atoms with Crippen LogP contribution in [0.5, 0.6) is 11.5 Å². The molecule has 0 bridgehead atoms. The quantitative estimate of drug-likeness (QED) is 0.208. The maximum absolute atomic E-state index is 15.2. The fourth-order valence-electron chi connectivity index (χ4n) is 8.29. The van der Waals surface area contributed by atoms with Crippen molar-refractivity contribution in [3.8, 4) is 11.5 Å². The van der Waals surface area contributed by atoms with Crippen molar-refractivity contribution < 1.29 is 47.0 Å². The number of halogens is 6. The Hall–Kier alpha value is -4.67. The summed E-state index contributed by atoms with van der Waals surface area (Å²) in [5.74, 6) is -9.35. The molecular weight excluding hydrogens is 798 g/mol. The Morgan fingerprint density at radius 3 is 2.38 bits per heavy atom. The molecule has 6 atom stereocenters. The zero-order chi connectivity index (χ0) is 37.6. The second-order valence-corrected chi connectivity index (χ2v) is 14.5. The molecule has 0 radical (unpaired) electrons. The molecule has 2 aliphatic heterocycles. The van der Waals surface area contributed by atoms with E-state index in [2.05, 4.69) is 26.3 Å². The summed E-state index contributed by atoms with van der Waals surface area (Å²) in [6.07, 6.45) is -2.74. The third kappa shape index (κ3) is 5.16. The molecular formula is C34H25BrCl2F3N5O7. The number of carbonyl (C=O) groups is 5. The third-order valence-electron chi connectivity index (χ3n) is 10.4. The number of nitrogens with two attached hydrogens (primary N) is 1. The van der Waals surface area contributed by atoms with Crippen LogP contribution in [0.3, 0.4) is 0 Å². The van der Waals surface area contributed by atoms with E-state index in [1.807, 2.05) is 0 Å². The second kappa shape index (κ2) is 12.5. The molecule has 1 aromatic heterocycles. The fourth-order valence-corrected chi connectivity index (χ4v) is 9.09. The standard InChI is InChI=1S/C34H25BrCl2F3N5O7/c1-52-23-9-13(8-21(35)26(23)46)25-17-6-7-18-24(30(49)44(28(18)47)32(41)51)19(17)11-20-29(48)45(31(50)33(20,25)14-2-4-16(36)5-3-14)43-27-22(37)10-15(12-42-27)34(38,39)40/h2-6,8-10,12,18-20,24-25,46H,7,11H2,1H3,(H2,41,51)(H,42,43)/t18-,19+,20-,24-,25-,33+/m0/s1. The van der Waals surface area contributed by atoms with Gasteiger partial charge >= 0.3 is 12.2 Å². The van der Waals surface area contributed by atoms with Crippen LogP contribution in [-0.4, -0.2) is 56.8 Å². The zero-order valence-electron chi connectivity index (χ0n) is 26.6. The van der Waals surface area contributed by atoms with Crippen molar-refractivity contribution in [1.82, 2.24) is 14.9 Å². The SMILES string of the molecule is COc1cc([C@H]2C3=CC[C@@H]4C(=O)N(C(N)=O)C(=O)[C@@H]4[C@@H]3C[C@H]3C(=O)N(Nc4ncc(C(F)(F)F)cc4Cl)C(=O)[C@@]23c2ccc(Cl)cc2)cc(Br)c1O. The zero-order valence-corrected chi connectivity index (χ0v) is 29.7. The summed E-state index contributed by atoms with van der Waals surface area (Å²) >= 11 is 15.8. The number of amides is 6. The summed E-state index contributed by atoms with van der Waals surface area (Å²) in [5.41, 5.74) is 6.15. The number of alkyl halides is 3. The van der Waals surface area contributed by atoms with Crippen LogP contribution in [0.4, 0.5) is 23.8 Å². The molecule has 1 saturated carbocycles. The van der Waals surface area contributed by atoms with Gasteiger partial charge < -0.3 is 15.6 Å². The van der Waals surface area contributed by atoms with Crippen LogP contribution in [0.25, 0.3) is 0 Å². The molecule has 2 aromatic carbocycles. The lowest BCUT2D eigenvalue weighted by atomic mass is 9.49. The van der Waals surface area contributed by atoms with Gasteiger partial charge in [0, 0.05) is 17.1 Å². The van der Waals surface area contributed by atoms with E-state index in [1.165, 1.54) is 31.4 Å². The van der Waals surface area contributed by atoms with Gasteiger partial charge in [0.05, 0.1) is 45.3 Å². The number of allylic oxidation sites excluding steroid dienone is 2. The van der Waals surface area contributed by atoms with Crippen LogP contribution < -0.4 is 15.9 Å². The summed E-state index contributed by atoms with van der Waals surface area (Å²) in [6.45, 7) is 0. The summed E-state index contributed by atoms with van der Waals surface area (Å²) in [4.78, 5) is 73.4. The molecule has 270 valence electrons. The number of aromatic hydroxyl groups is 1. The summed E-state index contributed by atoms with van der Waals surface area (Å²) in [6, 6.07) is 8.55. The number of ether oxygens (including phenoxy) is 1. The van der Waals surface area contributed by atoms with Gasteiger partial charge in [-0.05, 0) is 76.1 Å². The van der Waals surface area contributed by atoms with Gasteiger partial charge in [-0.2, -0.15) is 23.1 Å². The minimum Gasteiger partial charge on any atom is -0.503 e. The molecule has 0 spiro atoms. The molecule has 4 N–H and O–H groups in total. The molecule has 2 saturated heterocycles. The summed E-state index contributed by atoms with van der Waals surface area (Å²) in [7, 11) is 1.31. The maximum atomic E-state index is 15.2. The number of hydrogen-bond donors (Lipinski definition) is 3. The number of rotatable bonds is 5. The first-order chi connectivity index (χ1) is 24.5. The Kier molecular flexibility index (Phi) is 8.57. The van der Waals surface area contributed by atoms with Gasteiger partial charge in [-0.1, -0.05) is 47.0 Å². The molecule has 0 unspecified atom stereocenters. The van der Waals surface area contributed by atoms with E-state index >= 15 is 4.79 Å². The number of pyridine rings is 1. The maximum Gasteiger partial charge on any atom is 0.417 e. The molecule has 6 amide bonds. The van der Waals surface area contributed by atoms with Crippen molar-refractivity contribution in [3.63, 3.8) is 0 Å². The Labute approximate surface area is 310 Å². The average Bonchev–Trinajstić information content (AvgIpc) is 3.47. The number of anilines is 1. The van der Waals surface area contributed by atoms with E-state index < -0.39 is 87.2 Å². The number of primary amides is 1. The highest BCUT2D eigenvalue weighted by Gasteiger charge is 2.70. The van der Waals surface area contributed by atoms with E-state index in [4.69, 9.17) is 33.7 Å². The number of hydrazine groups is 1. The molecule has 2 aliphatic carbocycles. The molecule has 3 heterocycles. The topological polar surface area (TPSA) is 172 Å². The van der Waals surface area contributed by atoms with E-state index in [1.54, 1.807) is 18.2 Å². The highest BCUT2D eigenvalue weighted by Crippen LogP contribution is 2.64. The number of aromatic nitrogens is 1. The number of nitrogens with one attached hydrogen (secondary N) is 1. The molecule has 18 heteroatoms. The van der Waals surface area contributed by atoms with Gasteiger partial charge in [-0.3, -0.25) is 24.6 Å². The largest absolute Gasteiger partial charge is 0.503 e. The first kappa shape index (κ1) is 35.7. The number of nitrogens with zero attached hydrogens (tertiary/aromatic N) is 3. The van der Waals surface area contributed by atoms with Crippen molar-refractivity contribution >= 4 is 74.6 Å². The normalized spacial score (nSPS) is 26.9. The van der Waals surface area contributed by atoms with E-state index in [0.29, 0.717) is 43.9 Å². The predicted octanol–water partition coefficient (Wildman–Crippen LogP) is 5.95. The van der Waals surface area contributed by atoms with Crippen molar-refractivity contribution in [2.24, 2.45) is 29.4 Å². The second-order valence-electron chi connectivity index (χ2n) is 12.8. The number of urea groups is 1. The summed E-state index contributed by atoms with van der Waals surface area (Å²) in [5, 5.41) is 11.2. The Balaban J connectivity index is 1.47. The molecule has 12 nitrogen and oxygen atoms in total. The Morgan fingerprint density at radius 1 is 1.08 bits per heavy atom. The number of hydrogen-bond acceptors (Lipinski definition) is 9.